The minimum atomic E-state index is -1.58. The van der Waals surface area contributed by atoms with Gasteiger partial charge in [-0.25, -0.2) is 0 Å². The molecule has 412 valence electrons. The fourth-order valence-electron chi connectivity index (χ4n) is 8.67. The molecular weight excluding hydrogens is 895 g/mol. The first-order valence-corrected chi connectivity index (χ1v) is 29.1. The number of carbonyl (C=O) groups is 2. The van der Waals surface area contributed by atoms with E-state index >= 15 is 0 Å². The van der Waals surface area contributed by atoms with E-state index in [1.807, 2.05) is 6.08 Å². The Morgan fingerprint density at radius 1 is 0.521 bits per heavy atom. The van der Waals surface area contributed by atoms with Gasteiger partial charge in [0.05, 0.1) is 32.0 Å². The molecule has 0 bridgehead atoms. The normalized spacial score (nSPS) is 19.6. The van der Waals surface area contributed by atoms with Crippen molar-refractivity contribution in [1.29, 1.82) is 0 Å². The molecule has 0 aromatic carbocycles. The average molecular weight is 1000 g/mol. The third-order valence-electron chi connectivity index (χ3n) is 13.4. The quantitative estimate of drug-likeness (QED) is 0.0149. The lowest BCUT2D eigenvalue weighted by Gasteiger charge is -2.40. The van der Waals surface area contributed by atoms with Crippen molar-refractivity contribution in [3.63, 3.8) is 0 Å². The van der Waals surface area contributed by atoms with Crippen LogP contribution in [0.15, 0.2) is 60.8 Å². The summed E-state index contributed by atoms with van der Waals surface area (Å²) in [6, 6.07) is -0.835. The maximum atomic E-state index is 13.0. The molecule has 1 saturated heterocycles. The van der Waals surface area contributed by atoms with E-state index in [2.05, 4.69) is 67.8 Å². The van der Waals surface area contributed by atoms with Gasteiger partial charge in [-0.15, -0.1) is 0 Å². The molecule has 1 heterocycles. The van der Waals surface area contributed by atoms with Gasteiger partial charge >= 0.3 is 5.97 Å². The highest BCUT2D eigenvalue weighted by Gasteiger charge is 2.44. The Morgan fingerprint density at radius 3 is 1.51 bits per heavy atom. The molecule has 0 aromatic rings. The Kier molecular flexibility index (Phi) is 46.3. The summed E-state index contributed by atoms with van der Waals surface area (Å²) in [4.78, 5) is 25.0. The lowest BCUT2D eigenvalue weighted by atomic mass is 9.99. The fraction of sp³-hybridized carbons (Fsp3) is 0.800. The molecular formula is C60H107NO10. The summed E-state index contributed by atoms with van der Waals surface area (Å²) in [7, 11) is 0. The van der Waals surface area contributed by atoms with Crippen LogP contribution in [0.25, 0.3) is 0 Å². The van der Waals surface area contributed by atoms with Crippen LogP contribution in [-0.2, 0) is 23.8 Å². The van der Waals surface area contributed by atoms with E-state index in [4.69, 9.17) is 14.2 Å². The van der Waals surface area contributed by atoms with Crippen LogP contribution >= 0.6 is 0 Å². The van der Waals surface area contributed by atoms with Crippen LogP contribution in [-0.4, -0.2) is 100 Å². The van der Waals surface area contributed by atoms with Gasteiger partial charge in [-0.05, 0) is 103 Å². The van der Waals surface area contributed by atoms with E-state index < -0.39 is 49.5 Å². The van der Waals surface area contributed by atoms with Gasteiger partial charge in [-0.1, -0.05) is 190 Å². The monoisotopic (exact) mass is 1000 g/mol. The van der Waals surface area contributed by atoms with E-state index in [1.54, 1.807) is 6.08 Å². The van der Waals surface area contributed by atoms with Gasteiger partial charge in [0.15, 0.2) is 6.29 Å². The molecule has 1 rings (SSSR count). The molecule has 0 saturated carbocycles. The first kappa shape index (κ1) is 66.4. The van der Waals surface area contributed by atoms with Crippen molar-refractivity contribution in [2.75, 3.05) is 19.8 Å². The van der Waals surface area contributed by atoms with E-state index in [0.29, 0.717) is 19.4 Å². The van der Waals surface area contributed by atoms with Crippen molar-refractivity contribution in [2.24, 2.45) is 0 Å². The summed E-state index contributed by atoms with van der Waals surface area (Å²) in [5, 5.41) is 54.1. The van der Waals surface area contributed by atoms with Crippen molar-refractivity contribution < 1.29 is 49.3 Å². The zero-order valence-corrected chi connectivity index (χ0v) is 45.2. The Morgan fingerprint density at radius 2 is 0.958 bits per heavy atom. The number of rotatable bonds is 49. The van der Waals surface area contributed by atoms with Crippen LogP contribution in [0, 0.1) is 0 Å². The zero-order valence-electron chi connectivity index (χ0n) is 45.2. The second-order valence-corrected chi connectivity index (χ2v) is 20.0. The van der Waals surface area contributed by atoms with Crippen molar-refractivity contribution in [3.05, 3.63) is 60.8 Å². The van der Waals surface area contributed by atoms with Crippen molar-refractivity contribution >= 4 is 11.9 Å². The predicted octanol–water partition coefficient (Wildman–Crippen LogP) is 13.1. The molecule has 71 heavy (non-hydrogen) atoms. The lowest BCUT2D eigenvalue weighted by Crippen LogP contribution is -2.60. The van der Waals surface area contributed by atoms with Crippen LogP contribution < -0.4 is 5.32 Å². The molecule has 6 N–H and O–H groups in total. The molecule has 11 nitrogen and oxygen atoms in total. The van der Waals surface area contributed by atoms with Crippen LogP contribution in [0.3, 0.4) is 0 Å². The number of allylic oxidation sites excluding steroid dienone is 9. The van der Waals surface area contributed by atoms with Crippen LogP contribution in [0.4, 0.5) is 0 Å². The number of aliphatic hydroxyl groups excluding tert-OH is 5. The number of ether oxygens (including phenoxy) is 3. The smallest absolute Gasteiger partial charge is 0.305 e. The number of amides is 1. The van der Waals surface area contributed by atoms with Gasteiger partial charge < -0.3 is 45.1 Å². The molecule has 7 unspecified atom stereocenters. The molecule has 1 fully saturated rings. The first-order chi connectivity index (χ1) is 34.7. The van der Waals surface area contributed by atoms with Crippen LogP contribution in [0.1, 0.15) is 245 Å². The molecule has 0 radical (unpaired) electrons. The first-order valence-electron chi connectivity index (χ1n) is 29.1. The van der Waals surface area contributed by atoms with Gasteiger partial charge in [0, 0.05) is 12.8 Å². The molecule has 0 aliphatic carbocycles. The Bertz CT molecular complexity index is 1360. The fourth-order valence-corrected chi connectivity index (χ4v) is 8.67. The van der Waals surface area contributed by atoms with E-state index in [1.165, 1.54) is 128 Å². The maximum Gasteiger partial charge on any atom is 0.305 e. The maximum absolute atomic E-state index is 13.0. The van der Waals surface area contributed by atoms with Crippen LogP contribution in [0.5, 0.6) is 0 Å². The molecule has 1 aliphatic rings. The summed E-state index contributed by atoms with van der Waals surface area (Å²) in [6.07, 6.45) is 53.3. The van der Waals surface area contributed by atoms with Crippen molar-refractivity contribution in [1.82, 2.24) is 5.32 Å². The summed E-state index contributed by atoms with van der Waals surface area (Å²) in [5.74, 6) is -0.244. The molecule has 1 amide bonds. The summed E-state index contributed by atoms with van der Waals surface area (Å²) >= 11 is 0. The molecule has 1 aliphatic heterocycles. The number of nitrogens with one attached hydrogen (secondary N) is 1. The SMILES string of the molecule is CCCCC/C=C/CC/C=C/C(O)C(COC1OC(CO)C(O)C(O)C1O)NC(=O)CCCCCCCCCCCC/C=C\C=C/CCCCCOC(=O)CCCCCCC/C=C\CCCCCCCC. The number of carbonyl (C=O) groups excluding carboxylic acids is 2. The molecule has 0 spiro atoms. The third-order valence-corrected chi connectivity index (χ3v) is 13.4. The van der Waals surface area contributed by atoms with Crippen molar-refractivity contribution in [2.45, 2.75) is 288 Å². The number of unbranched alkanes of at least 4 members (excludes halogenated alkanes) is 28. The second-order valence-electron chi connectivity index (χ2n) is 20.0. The van der Waals surface area contributed by atoms with Gasteiger partial charge in [0.1, 0.15) is 24.4 Å². The Balaban J connectivity index is 2.07. The number of hydrogen-bond donors (Lipinski definition) is 6. The highest BCUT2D eigenvalue weighted by Crippen LogP contribution is 2.23. The highest BCUT2D eigenvalue weighted by atomic mass is 16.7. The standard InChI is InChI=1S/C60H107NO10/c1-3-5-7-9-11-13-14-15-21-25-28-32-36-40-44-48-56(65)69-49-45-41-37-33-29-26-23-20-18-16-17-19-22-24-27-31-35-39-43-47-55(64)61-52(53(63)46-42-38-34-30-12-10-8-6-4-2)51-70-60-59(68)58(67)57(66)54(50-62)71-60/h12,15,20-21,23,26,29-30,42,46,52-54,57-60,62-63,66-68H,3-11,13-14,16-19,22,24-25,27-28,31-41,43-45,47-51H2,1-2H3,(H,61,64)/b21-15-,23-20-,29-26-,30-12+,46-42+. The minimum Gasteiger partial charge on any atom is -0.466 e. The third kappa shape index (κ3) is 39.5. The Hall–Kier alpha value is -2.64. The zero-order chi connectivity index (χ0) is 51.7. The number of hydrogen-bond acceptors (Lipinski definition) is 10. The summed E-state index contributed by atoms with van der Waals surface area (Å²) < 4.78 is 16.6. The predicted molar refractivity (Wildman–Crippen MR) is 292 cm³/mol. The molecule has 0 aromatic heterocycles. The van der Waals surface area contributed by atoms with Gasteiger partial charge in [0.25, 0.3) is 0 Å². The second kappa shape index (κ2) is 49.6. The summed E-state index contributed by atoms with van der Waals surface area (Å²) in [6.45, 7) is 4.20. The van der Waals surface area contributed by atoms with E-state index in [-0.39, 0.29) is 18.5 Å². The largest absolute Gasteiger partial charge is 0.466 e. The number of esters is 1. The highest BCUT2D eigenvalue weighted by molar-refractivity contribution is 5.76. The van der Waals surface area contributed by atoms with Gasteiger partial charge in [-0.3, -0.25) is 9.59 Å². The van der Waals surface area contributed by atoms with E-state index in [9.17, 15) is 35.1 Å². The average Bonchev–Trinajstić information content (AvgIpc) is 3.37. The Labute approximate surface area is 433 Å². The molecule has 11 heteroatoms. The van der Waals surface area contributed by atoms with Crippen LogP contribution in [0.2, 0.25) is 0 Å². The molecule has 7 atom stereocenters. The summed E-state index contributed by atoms with van der Waals surface area (Å²) in [5.41, 5.74) is 0. The minimum absolute atomic E-state index is 0.0378. The lowest BCUT2D eigenvalue weighted by molar-refractivity contribution is -0.302. The van der Waals surface area contributed by atoms with Crippen molar-refractivity contribution in [3.8, 4) is 0 Å². The number of aliphatic hydroxyl groups is 5. The van der Waals surface area contributed by atoms with Gasteiger partial charge in [-0.2, -0.15) is 0 Å². The van der Waals surface area contributed by atoms with E-state index in [0.717, 1.165) is 89.9 Å². The van der Waals surface area contributed by atoms with Gasteiger partial charge in [0.2, 0.25) is 5.91 Å². The topological polar surface area (TPSA) is 175 Å².